The average molecular weight is 256 g/mol. The molecule has 2 heterocycles. The molecular formula is C16H20N2O. The number of hydrogen-bond acceptors (Lipinski definition) is 2. The van der Waals surface area contributed by atoms with Gasteiger partial charge in [0.05, 0.1) is 5.69 Å². The van der Waals surface area contributed by atoms with E-state index in [0.717, 1.165) is 29.7 Å². The Balaban J connectivity index is 2.03. The third-order valence-electron chi connectivity index (χ3n) is 4.11. The molecule has 3 rings (SSSR count). The lowest BCUT2D eigenvalue weighted by atomic mass is 10.1. The van der Waals surface area contributed by atoms with Gasteiger partial charge in [-0.05, 0) is 43.5 Å². The van der Waals surface area contributed by atoms with E-state index in [9.17, 15) is 4.79 Å². The second-order valence-electron chi connectivity index (χ2n) is 5.44. The number of anilines is 1. The number of carbonyl (C=O) groups is 1. The summed E-state index contributed by atoms with van der Waals surface area (Å²) in [6, 6.07) is 8.53. The van der Waals surface area contributed by atoms with Crippen LogP contribution in [0, 0.1) is 0 Å². The molecule has 0 spiro atoms. The average Bonchev–Trinajstić information content (AvgIpc) is 2.77. The Bertz CT molecular complexity index is 621. The molecule has 0 amide bonds. The van der Waals surface area contributed by atoms with E-state index in [1.165, 1.54) is 24.9 Å². The third kappa shape index (κ3) is 2.14. The van der Waals surface area contributed by atoms with Crippen molar-refractivity contribution < 1.29 is 4.79 Å². The minimum Gasteiger partial charge on any atom is -0.372 e. The van der Waals surface area contributed by atoms with Crippen LogP contribution < -0.4 is 4.90 Å². The smallest absolute Gasteiger partial charge is 0.176 e. The summed E-state index contributed by atoms with van der Waals surface area (Å²) in [5.74, 6) is 0.123. The van der Waals surface area contributed by atoms with Crippen LogP contribution in [0.2, 0.25) is 0 Å². The second-order valence-corrected chi connectivity index (χ2v) is 5.44. The van der Waals surface area contributed by atoms with Crippen molar-refractivity contribution in [2.24, 2.45) is 7.05 Å². The molecule has 1 aliphatic heterocycles. The Labute approximate surface area is 113 Å². The quantitative estimate of drug-likeness (QED) is 0.770. The topological polar surface area (TPSA) is 25.2 Å². The molecule has 2 aromatic rings. The van der Waals surface area contributed by atoms with E-state index >= 15 is 0 Å². The van der Waals surface area contributed by atoms with Gasteiger partial charge in [0.25, 0.3) is 0 Å². The number of rotatable bonds is 2. The maximum Gasteiger partial charge on any atom is 0.176 e. The Kier molecular flexibility index (Phi) is 3.05. The van der Waals surface area contributed by atoms with Crippen LogP contribution in [-0.4, -0.2) is 23.4 Å². The summed E-state index contributed by atoms with van der Waals surface area (Å²) in [5.41, 5.74) is 3.20. The summed E-state index contributed by atoms with van der Waals surface area (Å²) >= 11 is 0. The maximum atomic E-state index is 11.6. The van der Waals surface area contributed by atoms with Crippen molar-refractivity contribution in [3.05, 3.63) is 30.0 Å². The number of hydrogen-bond donors (Lipinski definition) is 0. The van der Waals surface area contributed by atoms with Gasteiger partial charge in [0.1, 0.15) is 0 Å². The number of fused-ring (bicyclic) bond motifs is 1. The van der Waals surface area contributed by atoms with E-state index in [-0.39, 0.29) is 5.78 Å². The number of ketones is 1. The lowest BCUT2D eigenvalue weighted by Crippen LogP contribution is -2.29. The van der Waals surface area contributed by atoms with Gasteiger partial charge in [-0.3, -0.25) is 4.79 Å². The first-order chi connectivity index (χ1) is 9.16. The van der Waals surface area contributed by atoms with Gasteiger partial charge in [-0.2, -0.15) is 0 Å². The Morgan fingerprint density at radius 1 is 1.11 bits per heavy atom. The summed E-state index contributed by atoms with van der Waals surface area (Å²) in [7, 11) is 1.96. The molecular weight excluding hydrogens is 236 g/mol. The summed E-state index contributed by atoms with van der Waals surface area (Å²) in [4.78, 5) is 14.0. The fourth-order valence-corrected chi connectivity index (χ4v) is 3.02. The first-order valence-electron chi connectivity index (χ1n) is 7.02. The van der Waals surface area contributed by atoms with Crippen LogP contribution in [0.5, 0.6) is 0 Å². The van der Waals surface area contributed by atoms with E-state index in [0.29, 0.717) is 0 Å². The van der Waals surface area contributed by atoms with Gasteiger partial charge in [0.15, 0.2) is 5.78 Å². The highest BCUT2D eigenvalue weighted by Gasteiger charge is 2.14. The highest BCUT2D eigenvalue weighted by atomic mass is 16.1. The molecule has 1 fully saturated rings. The molecule has 3 nitrogen and oxygen atoms in total. The maximum absolute atomic E-state index is 11.6. The molecule has 0 N–H and O–H groups in total. The minimum atomic E-state index is 0.123. The van der Waals surface area contributed by atoms with Gasteiger partial charge in [-0.15, -0.1) is 0 Å². The number of piperidine rings is 1. The molecule has 19 heavy (non-hydrogen) atoms. The summed E-state index contributed by atoms with van der Waals surface area (Å²) in [6.45, 7) is 3.93. The van der Waals surface area contributed by atoms with E-state index < -0.39 is 0 Å². The first-order valence-corrected chi connectivity index (χ1v) is 7.02. The largest absolute Gasteiger partial charge is 0.372 e. The Hall–Kier alpha value is -1.77. The fraction of sp³-hybridized carbons (Fsp3) is 0.438. The van der Waals surface area contributed by atoms with Crippen molar-refractivity contribution in [2.45, 2.75) is 26.2 Å². The van der Waals surface area contributed by atoms with Crippen molar-refractivity contribution in [1.82, 2.24) is 4.57 Å². The first kappa shape index (κ1) is 12.3. The molecule has 0 saturated carbocycles. The summed E-state index contributed by atoms with van der Waals surface area (Å²) < 4.78 is 1.98. The molecule has 0 bridgehead atoms. The van der Waals surface area contributed by atoms with Crippen molar-refractivity contribution in [3.8, 4) is 0 Å². The number of nitrogens with zero attached hydrogens (tertiary/aromatic N) is 2. The van der Waals surface area contributed by atoms with Gasteiger partial charge in [-0.25, -0.2) is 0 Å². The van der Waals surface area contributed by atoms with Crippen LogP contribution in [0.3, 0.4) is 0 Å². The zero-order valence-corrected chi connectivity index (χ0v) is 11.6. The molecule has 1 saturated heterocycles. The van der Waals surface area contributed by atoms with E-state index in [1.807, 2.05) is 17.7 Å². The van der Waals surface area contributed by atoms with Crippen LogP contribution in [0.4, 0.5) is 5.69 Å². The van der Waals surface area contributed by atoms with Crippen LogP contribution in [0.15, 0.2) is 24.3 Å². The third-order valence-corrected chi connectivity index (χ3v) is 4.11. The van der Waals surface area contributed by atoms with Gasteiger partial charge in [0.2, 0.25) is 0 Å². The van der Waals surface area contributed by atoms with Gasteiger partial charge >= 0.3 is 0 Å². The molecule has 1 aromatic carbocycles. The zero-order valence-electron chi connectivity index (χ0n) is 11.6. The monoisotopic (exact) mass is 256 g/mol. The number of Topliss-reactive ketones (excluding diaryl/α,β-unsaturated/α-hetero) is 1. The Morgan fingerprint density at radius 3 is 2.53 bits per heavy atom. The molecule has 0 radical (unpaired) electrons. The zero-order chi connectivity index (χ0) is 13.4. The fourth-order valence-electron chi connectivity index (χ4n) is 3.02. The molecule has 0 aliphatic carbocycles. The molecule has 3 heteroatoms. The van der Waals surface area contributed by atoms with Gasteiger partial charge < -0.3 is 9.47 Å². The van der Waals surface area contributed by atoms with Crippen molar-refractivity contribution in [2.75, 3.05) is 18.0 Å². The number of carbonyl (C=O) groups excluding carboxylic acids is 1. The van der Waals surface area contributed by atoms with E-state index in [1.54, 1.807) is 6.92 Å². The van der Waals surface area contributed by atoms with Crippen molar-refractivity contribution in [1.29, 1.82) is 0 Å². The lowest BCUT2D eigenvalue weighted by molar-refractivity contribution is 0.101. The van der Waals surface area contributed by atoms with Crippen molar-refractivity contribution >= 4 is 22.4 Å². The van der Waals surface area contributed by atoms with E-state index in [2.05, 4.69) is 23.1 Å². The lowest BCUT2D eigenvalue weighted by Gasteiger charge is -2.28. The predicted octanol–water partition coefficient (Wildman–Crippen LogP) is 3.37. The standard InChI is InChI=1S/C16H20N2O/c1-12(19)16-11-13-10-14(6-7-15(13)17(16)2)18-8-4-3-5-9-18/h6-7,10-11H,3-5,8-9H2,1-2H3. The van der Waals surface area contributed by atoms with Gasteiger partial charge in [0, 0.05) is 43.7 Å². The number of aromatic nitrogens is 1. The number of aryl methyl sites for hydroxylation is 1. The normalized spacial score (nSPS) is 16.0. The van der Waals surface area contributed by atoms with Crippen LogP contribution in [0.25, 0.3) is 10.9 Å². The molecule has 0 atom stereocenters. The van der Waals surface area contributed by atoms with Gasteiger partial charge in [-0.1, -0.05) is 0 Å². The van der Waals surface area contributed by atoms with Crippen LogP contribution in [0.1, 0.15) is 36.7 Å². The summed E-state index contributed by atoms with van der Waals surface area (Å²) in [6.07, 6.45) is 3.91. The van der Waals surface area contributed by atoms with Crippen LogP contribution >= 0.6 is 0 Å². The molecule has 1 aliphatic rings. The SMILES string of the molecule is CC(=O)c1cc2cc(N3CCCCC3)ccc2n1C. The summed E-state index contributed by atoms with van der Waals surface area (Å²) in [5, 5.41) is 1.16. The Morgan fingerprint density at radius 2 is 1.84 bits per heavy atom. The van der Waals surface area contributed by atoms with Crippen molar-refractivity contribution in [3.63, 3.8) is 0 Å². The van der Waals surface area contributed by atoms with E-state index in [4.69, 9.17) is 0 Å². The molecule has 0 unspecified atom stereocenters. The van der Waals surface area contributed by atoms with Crippen LogP contribution in [-0.2, 0) is 7.05 Å². The highest BCUT2D eigenvalue weighted by molar-refractivity contribution is 5.99. The minimum absolute atomic E-state index is 0.123. The highest BCUT2D eigenvalue weighted by Crippen LogP contribution is 2.26. The predicted molar refractivity (Wildman–Crippen MR) is 79.0 cm³/mol. The molecule has 100 valence electrons. The second kappa shape index (κ2) is 4.72. The molecule has 1 aromatic heterocycles. The number of benzene rings is 1.